The summed E-state index contributed by atoms with van der Waals surface area (Å²) in [7, 11) is 0. The van der Waals surface area contributed by atoms with Gasteiger partial charge in [-0.1, -0.05) is 24.3 Å². The summed E-state index contributed by atoms with van der Waals surface area (Å²) in [4.78, 5) is 55.9. The average Bonchev–Trinajstić information content (AvgIpc) is 3.07. The van der Waals surface area contributed by atoms with E-state index in [9.17, 15) is 19.2 Å². The highest BCUT2D eigenvalue weighted by atomic mass is 32.1. The Morgan fingerprint density at radius 3 is 2.22 bits per heavy atom. The van der Waals surface area contributed by atoms with E-state index in [1.54, 1.807) is 37.3 Å². The van der Waals surface area contributed by atoms with E-state index in [2.05, 4.69) is 4.98 Å². The molecule has 0 N–H and O–H groups in total. The lowest BCUT2D eigenvalue weighted by molar-refractivity contribution is -0.149. The summed E-state index contributed by atoms with van der Waals surface area (Å²) >= 11 is 1.14. The number of para-hydroxylation sites is 1. The predicted molar refractivity (Wildman–Crippen MR) is 101 cm³/mol. The zero-order valence-corrected chi connectivity index (χ0v) is 15.4. The molecule has 1 aliphatic rings. The van der Waals surface area contributed by atoms with Crippen LogP contribution in [0.1, 0.15) is 22.1 Å². The van der Waals surface area contributed by atoms with Crippen LogP contribution in [-0.2, 0) is 19.2 Å². The van der Waals surface area contributed by atoms with Crippen molar-refractivity contribution in [3.8, 4) is 0 Å². The van der Waals surface area contributed by atoms with Crippen LogP contribution in [0.4, 0.5) is 5.69 Å². The van der Waals surface area contributed by atoms with E-state index >= 15 is 0 Å². The smallest absolute Gasteiger partial charge is 0.287 e. The zero-order valence-electron chi connectivity index (χ0n) is 14.6. The zero-order chi connectivity index (χ0) is 19.3. The molecule has 0 saturated carbocycles. The number of rotatable bonds is 2. The first-order valence-electron chi connectivity index (χ1n) is 8.28. The van der Waals surface area contributed by atoms with Crippen molar-refractivity contribution < 1.29 is 19.2 Å². The normalized spacial score (nSPS) is 15.9. The quantitative estimate of drug-likeness (QED) is 0.389. The highest BCUT2D eigenvalue weighted by molar-refractivity contribution is 7.19. The molecule has 0 atom stereocenters. The topological polar surface area (TPSA) is 84.4 Å². The summed E-state index contributed by atoms with van der Waals surface area (Å²) in [5.74, 6) is -5.34. The van der Waals surface area contributed by atoms with Crippen LogP contribution in [0, 0.1) is 13.8 Å². The summed E-state index contributed by atoms with van der Waals surface area (Å²) in [6.45, 7) is 3.56. The number of carbonyl (C=O) groups is 4. The Hall–Kier alpha value is -3.19. The third-order valence-corrected chi connectivity index (χ3v) is 5.83. The van der Waals surface area contributed by atoms with Crippen LogP contribution in [0.2, 0.25) is 0 Å². The molecule has 0 bridgehead atoms. The van der Waals surface area contributed by atoms with E-state index in [-0.39, 0.29) is 10.7 Å². The monoisotopic (exact) mass is 378 g/mol. The number of amides is 2. The van der Waals surface area contributed by atoms with Gasteiger partial charge in [-0.2, -0.15) is 0 Å². The molecule has 0 spiro atoms. The average molecular weight is 378 g/mol. The minimum absolute atomic E-state index is 0.175. The number of carbonyl (C=O) groups excluding carboxylic acids is 4. The van der Waals surface area contributed by atoms with Gasteiger partial charge in [0, 0.05) is 0 Å². The molecule has 27 heavy (non-hydrogen) atoms. The number of imide groups is 1. The Kier molecular flexibility index (Phi) is 3.96. The standard InChI is InChI=1S/C20H14N2O4S/c1-10-6-5-8-13(11(10)2)22-19(25)16(23)15(17(24)20(22)26)18-21-12-7-3-4-9-14(12)27-18/h3-9,15H,1-2H3. The van der Waals surface area contributed by atoms with Crippen LogP contribution in [-0.4, -0.2) is 28.4 Å². The van der Waals surface area contributed by atoms with Crippen LogP contribution in [0.5, 0.6) is 0 Å². The van der Waals surface area contributed by atoms with Gasteiger partial charge in [-0.25, -0.2) is 9.88 Å². The SMILES string of the molecule is Cc1cccc(N2C(=O)C(=O)C(c3nc4ccccc4s3)C(=O)C2=O)c1C. The lowest BCUT2D eigenvalue weighted by atomic mass is 9.92. The number of hydrogen-bond donors (Lipinski definition) is 0. The number of fused-ring (bicyclic) bond motifs is 1. The number of Topliss-reactive ketones (excluding diaryl/α,β-unsaturated/α-hetero) is 2. The minimum Gasteiger partial charge on any atom is -0.287 e. The summed E-state index contributed by atoms with van der Waals surface area (Å²) in [6, 6.07) is 12.2. The van der Waals surface area contributed by atoms with E-state index in [0.717, 1.165) is 21.6 Å². The molecule has 6 nitrogen and oxygen atoms in total. The van der Waals surface area contributed by atoms with Gasteiger partial charge in [0.1, 0.15) is 10.9 Å². The van der Waals surface area contributed by atoms with E-state index in [4.69, 9.17) is 0 Å². The van der Waals surface area contributed by atoms with Crippen molar-refractivity contribution in [1.82, 2.24) is 4.98 Å². The summed E-state index contributed by atoms with van der Waals surface area (Å²) < 4.78 is 0.782. The molecular formula is C20H14N2O4S. The van der Waals surface area contributed by atoms with E-state index in [1.165, 1.54) is 0 Å². The van der Waals surface area contributed by atoms with Gasteiger partial charge >= 0.3 is 11.8 Å². The van der Waals surface area contributed by atoms with Crippen molar-refractivity contribution in [3.63, 3.8) is 0 Å². The summed E-state index contributed by atoms with van der Waals surface area (Å²) in [5.41, 5.74) is 2.39. The molecule has 134 valence electrons. The Balaban J connectivity index is 1.79. The van der Waals surface area contributed by atoms with Crippen LogP contribution < -0.4 is 4.90 Å². The van der Waals surface area contributed by atoms with Crippen molar-refractivity contribution in [2.75, 3.05) is 4.90 Å². The molecule has 1 fully saturated rings. The van der Waals surface area contributed by atoms with Crippen molar-refractivity contribution >= 4 is 50.6 Å². The second-order valence-electron chi connectivity index (χ2n) is 6.35. The number of aryl methyl sites for hydroxylation is 1. The van der Waals surface area contributed by atoms with Gasteiger partial charge in [0.05, 0.1) is 15.9 Å². The van der Waals surface area contributed by atoms with E-state index in [0.29, 0.717) is 16.0 Å². The Labute approximate surface area is 158 Å². The molecule has 1 aromatic heterocycles. The van der Waals surface area contributed by atoms with Crippen molar-refractivity contribution in [2.24, 2.45) is 0 Å². The van der Waals surface area contributed by atoms with Crippen molar-refractivity contribution in [1.29, 1.82) is 0 Å². The first-order chi connectivity index (χ1) is 12.9. The summed E-state index contributed by atoms with van der Waals surface area (Å²) in [5, 5.41) is 0.175. The van der Waals surface area contributed by atoms with Gasteiger partial charge < -0.3 is 0 Å². The highest BCUT2D eigenvalue weighted by Gasteiger charge is 2.50. The highest BCUT2D eigenvalue weighted by Crippen LogP contribution is 2.34. The van der Waals surface area contributed by atoms with E-state index < -0.39 is 29.3 Å². The second kappa shape index (κ2) is 6.21. The molecule has 3 aromatic rings. The second-order valence-corrected chi connectivity index (χ2v) is 7.41. The number of aromatic nitrogens is 1. The third-order valence-electron chi connectivity index (χ3n) is 4.73. The van der Waals surface area contributed by atoms with Gasteiger partial charge in [0.2, 0.25) is 11.6 Å². The van der Waals surface area contributed by atoms with Gasteiger partial charge in [0.25, 0.3) is 0 Å². The number of hydrogen-bond acceptors (Lipinski definition) is 6. The number of nitrogens with zero attached hydrogens (tertiary/aromatic N) is 2. The summed E-state index contributed by atoms with van der Waals surface area (Å²) in [6.07, 6.45) is 0. The fourth-order valence-electron chi connectivity index (χ4n) is 3.11. The largest absolute Gasteiger partial charge is 0.302 e. The Morgan fingerprint density at radius 1 is 0.889 bits per heavy atom. The van der Waals surface area contributed by atoms with E-state index in [1.807, 2.05) is 19.1 Å². The molecule has 7 heteroatoms. The predicted octanol–water partition coefficient (Wildman–Crippen LogP) is 2.71. The Bertz CT molecular complexity index is 1090. The number of piperidine rings is 1. The molecule has 1 aliphatic heterocycles. The molecule has 2 heterocycles. The first-order valence-corrected chi connectivity index (χ1v) is 9.10. The van der Waals surface area contributed by atoms with Crippen LogP contribution in [0.25, 0.3) is 10.2 Å². The minimum atomic E-state index is -1.47. The molecule has 0 unspecified atom stereocenters. The maximum Gasteiger partial charge on any atom is 0.302 e. The molecule has 4 rings (SSSR count). The van der Waals surface area contributed by atoms with Crippen LogP contribution in [0.3, 0.4) is 0 Å². The molecule has 0 aliphatic carbocycles. The fraction of sp³-hybridized carbons (Fsp3) is 0.150. The first kappa shape index (κ1) is 17.2. The van der Waals surface area contributed by atoms with Crippen molar-refractivity contribution in [2.45, 2.75) is 19.8 Å². The van der Waals surface area contributed by atoms with Gasteiger partial charge in [-0.15, -0.1) is 11.3 Å². The lowest BCUT2D eigenvalue weighted by Gasteiger charge is -2.28. The van der Waals surface area contributed by atoms with Gasteiger partial charge in [-0.05, 0) is 43.2 Å². The molecule has 2 amide bonds. The molecular weight excluding hydrogens is 364 g/mol. The van der Waals surface area contributed by atoms with Crippen LogP contribution >= 0.6 is 11.3 Å². The number of ketones is 2. The van der Waals surface area contributed by atoms with Gasteiger partial charge in [0.15, 0.2) is 0 Å². The number of benzene rings is 2. The van der Waals surface area contributed by atoms with Crippen LogP contribution in [0.15, 0.2) is 42.5 Å². The number of thiazole rings is 1. The molecule has 2 aromatic carbocycles. The maximum absolute atomic E-state index is 12.7. The lowest BCUT2D eigenvalue weighted by Crippen LogP contribution is -2.55. The van der Waals surface area contributed by atoms with Gasteiger partial charge in [-0.3, -0.25) is 19.2 Å². The molecule has 1 saturated heterocycles. The fourth-order valence-corrected chi connectivity index (χ4v) is 4.18. The Morgan fingerprint density at radius 2 is 1.56 bits per heavy atom. The van der Waals surface area contributed by atoms with Crippen molar-refractivity contribution in [3.05, 3.63) is 58.6 Å². The molecule has 0 radical (unpaired) electrons. The third kappa shape index (κ3) is 2.59. The number of anilines is 1. The maximum atomic E-state index is 12.7.